The van der Waals surface area contributed by atoms with Crippen molar-refractivity contribution in [2.24, 2.45) is 0 Å². The number of carbonyl (C=O) groups is 3. The number of imide groups is 1. The zero-order valence-corrected chi connectivity index (χ0v) is 15.8. The Hall–Kier alpha value is -1.89. The number of amides is 4. The molecule has 0 radical (unpaired) electrons. The number of halogens is 1. The lowest BCUT2D eigenvalue weighted by atomic mass is 9.92. The molecule has 134 valence electrons. The van der Waals surface area contributed by atoms with Crippen molar-refractivity contribution in [2.75, 3.05) is 19.6 Å². The molecule has 6 nitrogen and oxygen atoms in total. The summed E-state index contributed by atoms with van der Waals surface area (Å²) >= 11 is 3.36. The molecule has 1 atom stereocenters. The summed E-state index contributed by atoms with van der Waals surface area (Å²) in [6.07, 6.45) is 4.19. The van der Waals surface area contributed by atoms with E-state index >= 15 is 0 Å². The Morgan fingerprint density at radius 1 is 1.12 bits per heavy atom. The molecule has 2 aliphatic heterocycles. The van der Waals surface area contributed by atoms with Gasteiger partial charge in [-0.3, -0.25) is 14.5 Å². The van der Waals surface area contributed by atoms with Crippen LogP contribution in [0.4, 0.5) is 4.79 Å². The maximum absolute atomic E-state index is 12.9. The molecule has 2 fully saturated rings. The normalized spacial score (nSPS) is 24.2. The molecule has 1 N–H and O–H groups in total. The molecule has 2 saturated heterocycles. The summed E-state index contributed by atoms with van der Waals surface area (Å²) in [4.78, 5) is 40.5. The minimum Gasteiger partial charge on any atom is -0.341 e. The van der Waals surface area contributed by atoms with Gasteiger partial charge in [0.1, 0.15) is 12.1 Å². The van der Waals surface area contributed by atoms with Gasteiger partial charge in [0.2, 0.25) is 5.91 Å². The summed E-state index contributed by atoms with van der Waals surface area (Å²) in [5.74, 6) is -0.548. The van der Waals surface area contributed by atoms with E-state index in [1.54, 1.807) is 24.0 Å². The summed E-state index contributed by atoms with van der Waals surface area (Å²) in [5, 5.41) is 2.74. The number of rotatable bonds is 3. The zero-order valence-electron chi connectivity index (χ0n) is 14.3. The van der Waals surface area contributed by atoms with E-state index in [1.165, 1.54) is 0 Å². The Balaban J connectivity index is 1.74. The summed E-state index contributed by atoms with van der Waals surface area (Å²) in [6.45, 7) is 2.88. The summed E-state index contributed by atoms with van der Waals surface area (Å²) in [6, 6.07) is 6.72. The standard InChI is InChI=1S/C18H22BrN3O3/c1-18(13-6-8-14(19)9-7-13)16(24)22(17(25)20-18)12-15(23)21-10-4-2-3-5-11-21/h6-9H,2-5,10-12H2,1H3,(H,20,25)/t18-/m0/s1. The van der Waals surface area contributed by atoms with Crippen molar-refractivity contribution >= 4 is 33.8 Å². The van der Waals surface area contributed by atoms with Crippen molar-refractivity contribution in [3.63, 3.8) is 0 Å². The molecule has 25 heavy (non-hydrogen) atoms. The third-order valence-corrected chi connectivity index (χ3v) is 5.48. The highest BCUT2D eigenvalue weighted by atomic mass is 79.9. The van der Waals surface area contributed by atoms with Crippen molar-refractivity contribution < 1.29 is 14.4 Å². The van der Waals surface area contributed by atoms with Gasteiger partial charge in [-0.05, 0) is 37.5 Å². The third kappa shape index (κ3) is 3.56. The van der Waals surface area contributed by atoms with Crippen LogP contribution in [0.25, 0.3) is 0 Å². The largest absolute Gasteiger partial charge is 0.341 e. The maximum Gasteiger partial charge on any atom is 0.325 e. The minimum absolute atomic E-state index is 0.162. The predicted octanol–water partition coefficient (Wildman–Crippen LogP) is 2.62. The van der Waals surface area contributed by atoms with Gasteiger partial charge in [-0.2, -0.15) is 0 Å². The average Bonchev–Trinajstić information content (AvgIpc) is 2.81. The van der Waals surface area contributed by atoms with Gasteiger partial charge in [-0.25, -0.2) is 4.79 Å². The molecule has 1 aromatic rings. The molecule has 0 saturated carbocycles. The molecule has 7 heteroatoms. The van der Waals surface area contributed by atoms with Gasteiger partial charge in [-0.15, -0.1) is 0 Å². The van der Waals surface area contributed by atoms with Crippen molar-refractivity contribution in [3.8, 4) is 0 Å². The monoisotopic (exact) mass is 407 g/mol. The lowest BCUT2D eigenvalue weighted by Crippen LogP contribution is -2.44. The Labute approximate surface area is 155 Å². The van der Waals surface area contributed by atoms with Crippen LogP contribution in [-0.2, 0) is 15.1 Å². The average molecular weight is 408 g/mol. The first-order valence-corrected chi connectivity index (χ1v) is 9.39. The Morgan fingerprint density at radius 3 is 2.32 bits per heavy atom. The van der Waals surface area contributed by atoms with Crippen LogP contribution in [0.2, 0.25) is 0 Å². The minimum atomic E-state index is -1.14. The summed E-state index contributed by atoms with van der Waals surface area (Å²) < 4.78 is 0.893. The Bertz CT molecular complexity index is 683. The maximum atomic E-state index is 12.9. The van der Waals surface area contributed by atoms with Crippen molar-refractivity contribution in [1.82, 2.24) is 15.1 Å². The van der Waals surface area contributed by atoms with Crippen LogP contribution < -0.4 is 5.32 Å². The molecule has 0 bridgehead atoms. The summed E-state index contributed by atoms with van der Waals surface area (Å²) in [7, 11) is 0. The number of nitrogens with zero attached hydrogens (tertiary/aromatic N) is 2. The number of nitrogens with one attached hydrogen (secondary N) is 1. The van der Waals surface area contributed by atoms with E-state index < -0.39 is 11.6 Å². The van der Waals surface area contributed by atoms with Crippen LogP contribution in [-0.4, -0.2) is 47.3 Å². The fraction of sp³-hybridized carbons (Fsp3) is 0.500. The number of benzene rings is 1. The lowest BCUT2D eigenvalue weighted by Gasteiger charge is -2.24. The second-order valence-electron chi connectivity index (χ2n) is 6.75. The quantitative estimate of drug-likeness (QED) is 0.782. The van der Waals surface area contributed by atoms with E-state index in [-0.39, 0.29) is 18.4 Å². The van der Waals surface area contributed by atoms with Gasteiger partial charge in [0, 0.05) is 17.6 Å². The van der Waals surface area contributed by atoms with Crippen LogP contribution in [0, 0.1) is 0 Å². The SMILES string of the molecule is C[C@@]1(c2ccc(Br)cc2)NC(=O)N(CC(=O)N2CCCCCC2)C1=O. The highest BCUT2D eigenvalue weighted by Crippen LogP contribution is 2.29. The van der Waals surface area contributed by atoms with Crippen LogP contribution in [0.1, 0.15) is 38.2 Å². The van der Waals surface area contributed by atoms with Gasteiger partial charge in [0.05, 0.1) is 0 Å². The molecular weight excluding hydrogens is 386 g/mol. The molecule has 2 heterocycles. The number of hydrogen-bond acceptors (Lipinski definition) is 3. The van der Waals surface area contributed by atoms with Crippen LogP contribution in [0.3, 0.4) is 0 Å². The van der Waals surface area contributed by atoms with Crippen LogP contribution >= 0.6 is 15.9 Å². The van der Waals surface area contributed by atoms with E-state index in [4.69, 9.17) is 0 Å². The smallest absolute Gasteiger partial charge is 0.325 e. The molecule has 0 aromatic heterocycles. The second kappa shape index (κ2) is 7.15. The van der Waals surface area contributed by atoms with Crippen LogP contribution in [0.5, 0.6) is 0 Å². The van der Waals surface area contributed by atoms with Gasteiger partial charge < -0.3 is 10.2 Å². The first-order valence-electron chi connectivity index (χ1n) is 8.60. The highest BCUT2D eigenvalue weighted by Gasteiger charge is 2.49. The summed E-state index contributed by atoms with van der Waals surface area (Å²) in [5.41, 5.74) is -0.449. The third-order valence-electron chi connectivity index (χ3n) is 4.95. The van der Waals surface area contributed by atoms with Crippen molar-refractivity contribution in [2.45, 2.75) is 38.1 Å². The number of urea groups is 1. The van der Waals surface area contributed by atoms with E-state index in [0.29, 0.717) is 18.7 Å². The van der Waals surface area contributed by atoms with Crippen molar-refractivity contribution in [3.05, 3.63) is 34.3 Å². The fourth-order valence-electron chi connectivity index (χ4n) is 3.37. The van der Waals surface area contributed by atoms with E-state index in [9.17, 15) is 14.4 Å². The highest BCUT2D eigenvalue weighted by molar-refractivity contribution is 9.10. The number of likely N-dealkylation sites (tertiary alicyclic amines) is 1. The predicted molar refractivity (Wildman–Crippen MR) is 96.8 cm³/mol. The van der Waals surface area contributed by atoms with E-state index in [2.05, 4.69) is 21.2 Å². The molecule has 0 unspecified atom stereocenters. The first-order chi connectivity index (χ1) is 11.9. The molecule has 0 spiro atoms. The Morgan fingerprint density at radius 2 is 1.72 bits per heavy atom. The number of hydrogen-bond donors (Lipinski definition) is 1. The van der Waals surface area contributed by atoms with E-state index in [0.717, 1.165) is 35.1 Å². The number of carbonyl (C=O) groups excluding carboxylic acids is 3. The molecule has 2 aliphatic rings. The molecule has 4 amide bonds. The van der Waals surface area contributed by atoms with E-state index in [1.807, 2.05) is 12.1 Å². The molecular formula is C18H22BrN3O3. The fourth-order valence-corrected chi connectivity index (χ4v) is 3.64. The molecule has 1 aromatic carbocycles. The first kappa shape index (κ1) is 17.9. The van der Waals surface area contributed by atoms with Crippen LogP contribution in [0.15, 0.2) is 28.7 Å². The van der Waals surface area contributed by atoms with Gasteiger partial charge in [0.15, 0.2) is 0 Å². The second-order valence-corrected chi connectivity index (χ2v) is 7.66. The zero-order chi connectivity index (χ0) is 18.0. The Kier molecular flexibility index (Phi) is 5.13. The lowest BCUT2D eigenvalue weighted by molar-refractivity contribution is -0.138. The van der Waals surface area contributed by atoms with Gasteiger partial charge in [-0.1, -0.05) is 40.9 Å². The topological polar surface area (TPSA) is 69.7 Å². The molecule has 3 rings (SSSR count). The van der Waals surface area contributed by atoms with Gasteiger partial charge >= 0.3 is 6.03 Å². The van der Waals surface area contributed by atoms with Gasteiger partial charge in [0.25, 0.3) is 5.91 Å². The van der Waals surface area contributed by atoms with Crippen molar-refractivity contribution in [1.29, 1.82) is 0 Å². The molecule has 0 aliphatic carbocycles.